The number of methoxy groups -OCH3 is 1. The van der Waals surface area contributed by atoms with Gasteiger partial charge in [0, 0.05) is 39.3 Å². The molecule has 3 heterocycles. The summed E-state index contributed by atoms with van der Waals surface area (Å²) in [5, 5.41) is 9.33. The van der Waals surface area contributed by atoms with Crippen molar-refractivity contribution in [3.05, 3.63) is 5.01 Å². The normalized spacial score (nSPS) is 26.4. The van der Waals surface area contributed by atoms with E-state index < -0.39 is 9.84 Å². The molecule has 2 atom stereocenters. The number of hydrogen-bond donors (Lipinski definition) is 0. The number of nitrogens with zero attached hydrogens (tertiary/aromatic N) is 5. The largest absolute Gasteiger partial charge is 0.472 e. The maximum atomic E-state index is 12.2. The first-order chi connectivity index (χ1) is 11.8. The van der Waals surface area contributed by atoms with Gasteiger partial charge in [-0.2, -0.15) is 0 Å². The summed E-state index contributed by atoms with van der Waals surface area (Å²) in [6.07, 6.45) is 0. The summed E-state index contributed by atoms with van der Waals surface area (Å²) in [6, 6.07) is -0.277. The van der Waals surface area contributed by atoms with E-state index in [9.17, 15) is 13.2 Å². The highest BCUT2D eigenvalue weighted by Gasteiger charge is 2.47. The van der Waals surface area contributed by atoms with Crippen molar-refractivity contribution in [2.24, 2.45) is 0 Å². The third-order valence-electron chi connectivity index (χ3n) is 4.70. The zero-order valence-electron chi connectivity index (χ0n) is 14.6. The number of carbonyl (C=O) groups excluding carboxylic acids is 1. The van der Waals surface area contributed by atoms with Crippen molar-refractivity contribution in [2.75, 3.05) is 52.3 Å². The van der Waals surface area contributed by atoms with Gasteiger partial charge in [-0.05, 0) is 0 Å². The Hall–Kier alpha value is -1.30. The van der Waals surface area contributed by atoms with Crippen molar-refractivity contribution in [1.29, 1.82) is 0 Å². The second kappa shape index (κ2) is 7.14. The van der Waals surface area contributed by atoms with Crippen LogP contribution in [0.5, 0.6) is 5.19 Å². The minimum Gasteiger partial charge on any atom is -0.472 e. The summed E-state index contributed by atoms with van der Waals surface area (Å²) in [6.45, 7) is 2.16. The first kappa shape index (κ1) is 18.5. The Labute approximate surface area is 151 Å². The fraction of sp³-hybridized carbons (Fsp3) is 0.786. The van der Waals surface area contributed by atoms with Crippen molar-refractivity contribution >= 4 is 27.1 Å². The molecule has 0 N–H and O–H groups in total. The number of amides is 1. The molecular weight excluding hydrogens is 366 g/mol. The fourth-order valence-electron chi connectivity index (χ4n) is 3.36. The van der Waals surface area contributed by atoms with Gasteiger partial charge in [0.05, 0.1) is 31.7 Å². The van der Waals surface area contributed by atoms with Crippen molar-refractivity contribution < 1.29 is 17.9 Å². The van der Waals surface area contributed by atoms with E-state index in [2.05, 4.69) is 15.1 Å². The summed E-state index contributed by atoms with van der Waals surface area (Å²) in [7, 11) is 1.86. The first-order valence-corrected chi connectivity index (χ1v) is 10.7. The van der Waals surface area contributed by atoms with E-state index >= 15 is 0 Å². The van der Waals surface area contributed by atoms with Gasteiger partial charge in [0.2, 0.25) is 5.91 Å². The van der Waals surface area contributed by atoms with Crippen molar-refractivity contribution in [3.63, 3.8) is 0 Å². The zero-order valence-corrected chi connectivity index (χ0v) is 16.2. The molecule has 2 aliphatic heterocycles. The molecule has 2 aliphatic rings. The van der Waals surface area contributed by atoms with Crippen LogP contribution in [0.1, 0.15) is 5.01 Å². The number of rotatable bonds is 5. The number of hydrogen-bond acceptors (Lipinski definition) is 9. The molecule has 1 amide bonds. The number of likely N-dealkylation sites (N-methyl/N-ethyl adjacent to an activating group) is 1. The van der Waals surface area contributed by atoms with Crippen LogP contribution in [-0.2, 0) is 21.2 Å². The van der Waals surface area contributed by atoms with Gasteiger partial charge >= 0.3 is 0 Å². The number of sulfone groups is 1. The van der Waals surface area contributed by atoms with Crippen LogP contribution in [0.15, 0.2) is 0 Å². The average molecular weight is 390 g/mol. The highest BCUT2D eigenvalue weighted by Crippen LogP contribution is 2.29. The number of fused-ring (bicyclic) bond motifs is 1. The molecule has 2 fully saturated rings. The van der Waals surface area contributed by atoms with Gasteiger partial charge in [-0.25, -0.2) is 8.42 Å². The number of ether oxygens (including phenoxy) is 1. The Balaban J connectivity index is 1.74. The molecule has 25 heavy (non-hydrogen) atoms. The molecule has 11 heteroatoms. The molecule has 9 nitrogen and oxygen atoms in total. The Kier molecular flexibility index (Phi) is 5.28. The lowest BCUT2D eigenvalue weighted by Crippen LogP contribution is -2.60. The number of carbonyl (C=O) groups is 1. The molecule has 0 unspecified atom stereocenters. The van der Waals surface area contributed by atoms with Gasteiger partial charge in [-0.15, -0.1) is 10.2 Å². The van der Waals surface area contributed by atoms with Gasteiger partial charge < -0.3 is 9.64 Å². The topological polar surface area (TPSA) is 95.9 Å². The van der Waals surface area contributed by atoms with Crippen LogP contribution in [-0.4, -0.2) is 104 Å². The molecule has 1 aromatic rings. The predicted octanol–water partition coefficient (Wildman–Crippen LogP) is -1.08. The van der Waals surface area contributed by atoms with Gasteiger partial charge in [0.1, 0.15) is 5.01 Å². The molecule has 0 aromatic carbocycles. The molecule has 0 spiro atoms. The van der Waals surface area contributed by atoms with Crippen LogP contribution in [0, 0.1) is 0 Å². The zero-order chi connectivity index (χ0) is 18.2. The fourth-order valence-corrected chi connectivity index (χ4v) is 6.08. The molecule has 3 rings (SSSR count). The van der Waals surface area contributed by atoms with E-state index in [-0.39, 0.29) is 36.0 Å². The summed E-state index contributed by atoms with van der Waals surface area (Å²) in [5.41, 5.74) is 0. The highest BCUT2D eigenvalue weighted by molar-refractivity contribution is 7.91. The SMILES string of the molecule is COc1nnc(CN2CCN(CC(=O)N(C)C)[C@H]3CS(=O)(=O)C[C@H]32)s1. The molecule has 0 saturated carbocycles. The van der Waals surface area contributed by atoms with Crippen LogP contribution < -0.4 is 4.74 Å². The Morgan fingerprint density at radius 2 is 1.88 bits per heavy atom. The summed E-state index contributed by atoms with van der Waals surface area (Å²) in [5.74, 6) is 0.222. The van der Waals surface area contributed by atoms with Crippen molar-refractivity contribution in [2.45, 2.75) is 18.6 Å². The predicted molar refractivity (Wildman–Crippen MR) is 93.4 cm³/mol. The summed E-state index contributed by atoms with van der Waals surface area (Å²) in [4.78, 5) is 17.8. The van der Waals surface area contributed by atoms with Gasteiger partial charge in [0.25, 0.3) is 5.19 Å². The maximum absolute atomic E-state index is 12.2. The van der Waals surface area contributed by atoms with E-state index in [1.807, 2.05) is 4.90 Å². The summed E-state index contributed by atoms with van der Waals surface area (Å²) >= 11 is 1.37. The lowest BCUT2D eigenvalue weighted by molar-refractivity contribution is -0.131. The van der Waals surface area contributed by atoms with Crippen LogP contribution in [0.2, 0.25) is 0 Å². The Bertz CT molecular complexity index is 735. The average Bonchev–Trinajstić information content (AvgIpc) is 3.12. The standard InChI is InChI=1S/C14H23N5O4S2/c1-17(2)13(20)7-19-5-4-18(6-12-15-16-14(23-3)24-12)10-8-25(21,22)9-11(10)19/h10-11H,4-9H2,1-3H3/t10-,11+/m1/s1. The third-order valence-corrected chi connectivity index (χ3v) is 7.27. The minimum atomic E-state index is -3.11. The van der Waals surface area contributed by atoms with E-state index in [1.165, 1.54) is 11.3 Å². The minimum absolute atomic E-state index is 0.00893. The smallest absolute Gasteiger partial charge is 0.293 e. The molecule has 0 bridgehead atoms. The van der Waals surface area contributed by atoms with E-state index in [4.69, 9.17) is 4.74 Å². The second-order valence-electron chi connectivity index (χ2n) is 6.61. The Morgan fingerprint density at radius 1 is 1.24 bits per heavy atom. The molecular formula is C14H23N5O4S2. The van der Waals surface area contributed by atoms with E-state index in [0.717, 1.165) is 5.01 Å². The van der Waals surface area contributed by atoms with E-state index in [0.29, 0.717) is 24.8 Å². The van der Waals surface area contributed by atoms with Crippen molar-refractivity contribution in [1.82, 2.24) is 24.9 Å². The second-order valence-corrected chi connectivity index (χ2v) is 9.78. The number of aromatic nitrogens is 2. The van der Waals surface area contributed by atoms with Crippen LogP contribution in [0.3, 0.4) is 0 Å². The van der Waals surface area contributed by atoms with Crippen LogP contribution in [0.4, 0.5) is 0 Å². The quantitative estimate of drug-likeness (QED) is 0.627. The first-order valence-electron chi connectivity index (χ1n) is 8.04. The van der Waals surface area contributed by atoms with Crippen LogP contribution >= 0.6 is 11.3 Å². The van der Waals surface area contributed by atoms with E-state index in [1.54, 1.807) is 26.1 Å². The third kappa shape index (κ3) is 4.10. The molecule has 2 saturated heterocycles. The number of piperazine rings is 1. The van der Waals surface area contributed by atoms with Crippen molar-refractivity contribution in [3.8, 4) is 5.19 Å². The monoisotopic (exact) mass is 389 g/mol. The van der Waals surface area contributed by atoms with Gasteiger partial charge in [-0.3, -0.25) is 14.6 Å². The lowest BCUT2D eigenvalue weighted by Gasteiger charge is -2.43. The molecule has 0 aliphatic carbocycles. The molecule has 1 aromatic heterocycles. The molecule has 140 valence electrons. The summed E-state index contributed by atoms with van der Waals surface area (Å²) < 4.78 is 29.5. The maximum Gasteiger partial charge on any atom is 0.293 e. The lowest BCUT2D eigenvalue weighted by atomic mass is 10.0. The van der Waals surface area contributed by atoms with Gasteiger partial charge in [0.15, 0.2) is 9.84 Å². The molecule has 0 radical (unpaired) electrons. The Morgan fingerprint density at radius 3 is 2.48 bits per heavy atom. The van der Waals surface area contributed by atoms with Crippen LogP contribution in [0.25, 0.3) is 0 Å². The van der Waals surface area contributed by atoms with Gasteiger partial charge in [-0.1, -0.05) is 11.3 Å². The highest BCUT2D eigenvalue weighted by atomic mass is 32.2.